The van der Waals surface area contributed by atoms with Crippen LogP contribution in [0.25, 0.3) is 10.9 Å². The summed E-state index contributed by atoms with van der Waals surface area (Å²) in [5.41, 5.74) is 1.98. The first kappa shape index (κ1) is 19.5. The van der Waals surface area contributed by atoms with Crippen LogP contribution in [0.4, 0.5) is 11.5 Å². The molecular formula is C25H25N5O. The van der Waals surface area contributed by atoms with Gasteiger partial charge < -0.3 is 10.1 Å². The quantitative estimate of drug-likeness (QED) is 0.491. The number of fused-ring (bicyclic) bond motifs is 1. The molecule has 2 aromatic carbocycles. The molecule has 1 saturated heterocycles. The molecule has 6 heteroatoms. The van der Waals surface area contributed by atoms with Crippen molar-refractivity contribution in [3.05, 3.63) is 84.9 Å². The van der Waals surface area contributed by atoms with Crippen molar-refractivity contribution in [2.75, 3.05) is 18.4 Å². The van der Waals surface area contributed by atoms with Crippen molar-refractivity contribution in [3.8, 4) is 5.75 Å². The highest BCUT2D eigenvalue weighted by Gasteiger charge is 2.22. The van der Waals surface area contributed by atoms with Gasteiger partial charge in [0.05, 0.1) is 18.3 Å². The molecule has 0 saturated carbocycles. The molecule has 31 heavy (non-hydrogen) atoms. The molecule has 1 fully saturated rings. The summed E-state index contributed by atoms with van der Waals surface area (Å²) in [5, 5.41) is 4.49. The predicted molar refractivity (Wildman–Crippen MR) is 122 cm³/mol. The van der Waals surface area contributed by atoms with Gasteiger partial charge in [0.15, 0.2) is 0 Å². The SMILES string of the molecule is c1ccc(Nc2nc(CN3CCC(Oc4cccnc4)CC3)nc3ccccc23)cc1. The molecule has 1 aliphatic rings. The first-order valence-electron chi connectivity index (χ1n) is 10.7. The summed E-state index contributed by atoms with van der Waals surface area (Å²) in [6, 6.07) is 22.2. The molecule has 0 aliphatic carbocycles. The Morgan fingerprint density at radius 1 is 0.903 bits per heavy atom. The number of rotatable bonds is 6. The van der Waals surface area contributed by atoms with Crippen LogP contribution in [0.3, 0.4) is 0 Å². The van der Waals surface area contributed by atoms with Crippen molar-refractivity contribution >= 4 is 22.4 Å². The van der Waals surface area contributed by atoms with Crippen LogP contribution in [0, 0.1) is 0 Å². The number of ether oxygens (including phenoxy) is 1. The molecule has 2 aromatic heterocycles. The fraction of sp³-hybridized carbons (Fsp3) is 0.240. The largest absolute Gasteiger partial charge is 0.489 e. The lowest BCUT2D eigenvalue weighted by molar-refractivity contribution is 0.0951. The highest BCUT2D eigenvalue weighted by Crippen LogP contribution is 2.25. The van der Waals surface area contributed by atoms with Gasteiger partial charge in [0.1, 0.15) is 23.5 Å². The van der Waals surface area contributed by atoms with E-state index in [-0.39, 0.29) is 6.10 Å². The number of likely N-dealkylation sites (tertiary alicyclic amines) is 1. The summed E-state index contributed by atoms with van der Waals surface area (Å²) < 4.78 is 6.07. The minimum atomic E-state index is 0.230. The summed E-state index contributed by atoms with van der Waals surface area (Å²) >= 11 is 0. The number of anilines is 2. The number of nitrogens with one attached hydrogen (secondary N) is 1. The Morgan fingerprint density at radius 2 is 1.71 bits per heavy atom. The number of aromatic nitrogens is 3. The van der Waals surface area contributed by atoms with E-state index >= 15 is 0 Å². The maximum absolute atomic E-state index is 6.07. The van der Waals surface area contributed by atoms with Crippen LogP contribution in [-0.4, -0.2) is 39.0 Å². The number of nitrogens with zero attached hydrogens (tertiary/aromatic N) is 4. The van der Waals surface area contributed by atoms with Gasteiger partial charge in [-0.05, 0) is 49.2 Å². The Kier molecular flexibility index (Phi) is 5.71. The number of benzene rings is 2. The van der Waals surface area contributed by atoms with Gasteiger partial charge in [-0.15, -0.1) is 0 Å². The minimum Gasteiger partial charge on any atom is -0.489 e. The first-order chi connectivity index (χ1) is 15.3. The molecule has 3 heterocycles. The Labute approximate surface area is 181 Å². The molecule has 0 amide bonds. The second-order valence-electron chi connectivity index (χ2n) is 7.78. The van der Waals surface area contributed by atoms with E-state index < -0.39 is 0 Å². The molecule has 0 spiro atoms. The van der Waals surface area contributed by atoms with E-state index in [9.17, 15) is 0 Å². The molecule has 0 atom stereocenters. The van der Waals surface area contributed by atoms with Crippen LogP contribution in [0.5, 0.6) is 5.75 Å². The average molecular weight is 412 g/mol. The lowest BCUT2D eigenvalue weighted by Crippen LogP contribution is -2.38. The zero-order chi connectivity index (χ0) is 20.9. The summed E-state index contributed by atoms with van der Waals surface area (Å²) in [5.74, 6) is 2.53. The van der Waals surface area contributed by atoms with Gasteiger partial charge in [0.2, 0.25) is 0 Å². The van der Waals surface area contributed by atoms with Crippen molar-refractivity contribution < 1.29 is 4.74 Å². The van der Waals surface area contributed by atoms with Gasteiger partial charge in [-0.2, -0.15) is 0 Å². The molecule has 1 N–H and O–H groups in total. The third-order valence-corrected chi connectivity index (χ3v) is 5.52. The molecule has 4 aromatic rings. The van der Waals surface area contributed by atoms with Gasteiger partial charge in [-0.3, -0.25) is 9.88 Å². The molecular weight excluding hydrogens is 386 g/mol. The first-order valence-corrected chi connectivity index (χ1v) is 10.7. The molecule has 156 valence electrons. The Balaban J connectivity index is 1.28. The second-order valence-corrected chi connectivity index (χ2v) is 7.78. The molecule has 0 unspecified atom stereocenters. The molecule has 5 rings (SSSR count). The smallest absolute Gasteiger partial charge is 0.145 e. The lowest BCUT2D eigenvalue weighted by Gasteiger charge is -2.31. The van der Waals surface area contributed by atoms with Crippen LogP contribution in [0.2, 0.25) is 0 Å². The second kappa shape index (κ2) is 9.10. The van der Waals surface area contributed by atoms with E-state index in [1.54, 1.807) is 12.4 Å². The van der Waals surface area contributed by atoms with Crippen LogP contribution in [-0.2, 0) is 6.54 Å². The van der Waals surface area contributed by atoms with Crippen molar-refractivity contribution in [1.29, 1.82) is 0 Å². The number of piperidine rings is 1. The fourth-order valence-electron chi connectivity index (χ4n) is 3.94. The lowest BCUT2D eigenvalue weighted by atomic mass is 10.1. The zero-order valence-corrected chi connectivity index (χ0v) is 17.3. The van der Waals surface area contributed by atoms with E-state index in [1.165, 1.54) is 0 Å². The summed E-state index contributed by atoms with van der Waals surface area (Å²) in [6.07, 6.45) is 5.74. The average Bonchev–Trinajstić information content (AvgIpc) is 2.82. The van der Waals surface area contributed by atoms with Gasteiger partial charge in [0, 0.05) is 30.4 Å². The monoisotopic (exact) mass is 411 g/mol. The summed E-state index contributed by atoms with van der Waals surface area (Å²) in [4.78, 5) is 16.2. The van der Waals surface area contributed by atoms with Crippen molar-refractivity contribution in [3.63, 3.8) is 0 Å². The molecule has 0 bridgehead atoms. The van der Waals surface area contributed by atoms with Gasteiger partial charge in [0.25, 0.3) is 0 Å². The minimum absolute atomic E-state index is 0.230. The van der Waals surface area contributed by atoms with Gasteiger partial charge in [-0.25, -0.2) is 9.97 Å². The summed E-state index contributed by atoms with van der Waals surface area (Å²) in [6.45, 7) is 2.65. The zero-order valence-electron chi connectivity index (χ0n) is 17.3. The third kappa shape index (κ3) is 4.81. The maximum atomic E-state index is 6.07. The maximum Gasteiger partial charge on any atom is 0.145 e. The highest BCUT2D eigenvalue weighted by molar-refractivity contribution is 5.90. The van der Waals surface area contributed by atoms with Crippen molar-refractivity contribution in [1.82, 2.24) is 19.9 Å². The number of hydrogen-bond acceptors (Lipinski definition) is 6. The standard InChI is InChI=1S/C25H25N5O/c1-2-7-19(8-3-1)27-25-22-10-4-5-11-23(22)28-24(29-25)18-30-15-12-20(13-16-30)31-21-9-6-14-26-17-21/h1-11,14,17,20H,12-13,15-16,18H2,(H,27,28,29). The summed E-state index contributed by atoms with van der Waals surface area (Å²) in [7, 11) is 0. The predicted octanol–water partition coefficient (Wildman–Crippen LogP) is 4.81. The fourth-order valence-corrected chi connectivity index (χ4v) is 3.94. The van der Waals surface area contributed by atoms with E-state index in [0.29, 0.717) is 0 Å². The van der Waals surface area contributed by atoms with E-state index in [1.807, 2.05) is 60.7 Å². The van der Waals surface area contributed by atoms with Crippen LogP contribution in [0.15, 0.2) is 79.1 Å². The molecule has 1 aliphatic heterocycles. The van der Waals surface area contributed by atoms with Crippen molar-refractivity contribution in [2.45, 2.75) is 25.5 Å². The topological polar surface area (TPSA) is 63.2 Å². The van der Waals surface area contributed by atoms with Crippen LogP contribution < -0.4 is 10.1 Å². The Bertz CT molecular complexity index is 1130. The van der Waals surface area contributed by atoms with Crippen molar-refractivity contribution in [2.24, 2.45) is 0 Å². The van der Waals surface area contributed by atoms with E-state index in [4.69, 9.17) is 14.7 Å². The van der Waals surface area contributed by atoms with Crippen LogP contribution >= 0.6 is 0 Å². The van der Waals surface area contributed by atoms with E-state index in [0.717, 1.165) is 66.5 Å². The Hall–Kier alpha value is -3.51. The highest BCUT2D eigenvalue weighted by atomic mass is 16.5. The van der Waals surface area contributed by atoms with Gasteiger partial charge >= 0.3 is 0 Å². The van der Waals surface area contributed by atoms with E-state index in [2.05, 4.69) is 21.3 Å². The van der Waals surface area contributed by atoms with Gasteiger partial charge in [-0.1, -0.05) is 30.3 Å². The Morgan fingerprint density at radius 3 is 2.52 bits per heavy atom. The van der Waals surface area contributed by atoms with Crippen LogP contribution in [0.1, 0.15) is 18.7 Å². The number of para-hydroxylation sites is 2. The normalized spacial score (nSPS) is 15.1. The third-order valence-electron chi connectivity index (χ3n) is 5.52. The molecule has 6 nitrogen and oxygen atoms in total. The molecule has 0 radical (unpaired) electrons. The number of pyridine rings is 1. The number of hydrogen-bond donors (Lipinski definition) is 1.